The van der Waals surface area contributed by atoms with Gasteiger partial charge in [-0.25, -0.2) is 0 Å². The summed E-state index contributed by atoms with van der Waals surface area (Å²) in [5.41, 5.74) is 0. The van der Waals surface area contributed by atoms with Crippen molar-refractivity contribution >= 4 is 88.8 Å². The fourth-order valence-corrected chi connectivity index (χ4v) is 0.230. The number of hydrogen-bond donors (Lipinski definition) is 1. The van der Waals surface area contributed by atoms with Crippen molar-refractivity contribution in [1.82, 2.24) is 0 Å². The predicted octanol–water partition coefficient (Wildman–Crippen LogP) is -0.0597. The molecule has 0 aliphatic carbocycles. The van der Waals surface area contributed by atoms with Crippen LogP contribution in [0, 0.1) is 22.7 Å². The van der Waals surface area contributed by atoms with E-state index in [1.165, 1.54) is 0 Å². The summed E-state index contributed by atoms with van der Waals surface area (Å²) in [4.78, 5) is 0.0239. The standard InChI is InChI=1S/C4H2N2S2.2Na/c5-1-3(7)4(8)2-6;;/h3,7H;;. The maximum Gasteiger partial charge on any atom is 0.134 e. The Morgan fingerprint density at radius 1 is 1.40 bits per heavy atom. The van der Waals surface area contributed by atoms with Crippen molar-refractivity contribution in [3.05, 3.63) is 0 Å². The Labute approximate surface area is 115 Å². The van der Waals surface area contributed by atoms with Gasteiger partial charge in [-0.1, -0.05) is 12.2 Å². The van der Waals surface area contributed by atoms with E-state index in [1.54, 1.807) is 12.1 Å². The molecule has 0 amide bonds. The molecule has 0 N–H and O–H groups in total. The Balaban J connectivity index is -0.000000245. The fraction of sp³-hybridized carbons (Fsp3) is 0.250. The summed E-state index contributed by atoms with van der Waals surface area (Å²) >= 11 is 8.10. The van der Waals surface area contributed by atoms with E-state index in [-0.39, 0.29) is 64.0 Å². The van der Waals surface area contributed by atoms with Gasteiger partial charge in [0.1, 0.15) is 16.2 Å². The van der Waals surface area contributed by atoms with Gasteiger partial charge in [-0.2, -0.15) is 23.2 Å². The first-order valence-corrected chi connectivity index (χ1v) is 2.66. The molecule has 0 aromatic rings. The quantitative estimate of drug-likeness (QED) is 0.356. The van der Waals surface area contributed by atoms with Gasteiger partial charge in [0.2, 0.25) is 0 Å². The molecule has 0 rings (SSSR count). The summed E-state index contributed by atoms with van der Waals surface area (Å²) in [7, 11) is 0. The minimum Gasteiger partial charge on any atom is -0.197 e. The minimum absolute atomic E-state index is 0. The van der Waals surface area contributed by atoms with Crippen LogP contribution in [-0.4, -0.2) is 69.2 Å². The zero-order chi connectivity index (χ0) is 6.57. The second kappa shape index (κ2) is 10.4. The van der Waals surface area contributed by atoms with Crippen LogP contribution < -0.4 is 0 Å². The van der Waals surface area contributed by atoms with E-state index in [4.69, 9.17) is 10.5 Å². The summed E-state index contributed by atoms with van der Waals surface area (Å²) in [5.74, 6) is 0. The van der Waals surface area contributed by atoms with Crippen LogP contribution in [-0.2, 0) is 0 Å². The Kier molecular flexibility index (Phi) is 18.2. The van der Waals surface area contributed by atoms with Gasteiger partial charge in [-0.15, -0.1) is 0 Å². The van der Waals surface area contributed by atoms with Crippen molar-refractivity contribution in [2.75, 3.05) is 0 Å². The van der Waals surface area contributed by atoms with Crippen molar-refractivity contribution in [1.29, 1.82) is 10.5 Å². The van der Waals surface area contributed by atoms with E-state index in [1.807, 2.05) is 0 Å². The first-order chi connectivity index (χ1) is 3.72. The van der Waals surface area contributed by atoms with Crippen molar-refractivity contribution in [3.63, 3.8) is 0 Å². The van der Waals surface area contributed by atoms with Gasteiger partial charge < -0.3 is 0 Å². The SMILES string of the molecule is N#CC(=S)C(S)C#N.[Na].[Na]. The minimum atomic E-state index is -0.713. The molecular formula is C4H2N2Na2S2. The number of rotatable bonds is 1. The van der Waals surface area contributed by atoms with Gasteiger partial charge in [0, 0.05) is 59.1 Å². The van der Waals surface area contributed by atoms with E-state index in [9.17, 15) is 0 Å². The molecule has 0 spiro atoms. The largest absolute Gasteiger partial charge is 0.197 e. The van der Waals surface area contributed by atoms with Crippen LogP contribution in [0.25, 0.3) is 0 Å². The molecule has 0 bridgehead atoms. The van der Waals surface area contributed by atoms with Crippen LogP contribution in [0.2, 0.25) is 0 Å². The first kappa shape index (κ1) is 17.5. The topological polar surface area (TPSA) is 47.6 Å². The Hall–Kier alpha value is 1.42. The molecule has 2 nitrogen and oxygen atoms in total. The van der Waals surface area contributed by atoms with Crippen LogP contribution >= 0.6 is 24.8 Å². The Morgan fingerprint density at radius 3 is 1.90 bits per heavy atom. The summed E-state index contributed by atoms with van der Waals surface area (Å²) in [5, 5.41) is 15.4. The molecule has 0 heterocycles. The number of nitrogens with zero attached hydrogens (tertiary/aromatic N) is 2. The number of hydrogen-bond acceptors (Lipinski definition) is 4. The van der Waals surface area contributed by atoms with Crippen LogP contribution in [0.1, 0.15) is 0 Å². The molecule has 0 saturated carbocycles. The molecule has 0 aliphatic heterocycles. The van der Waals surface area contributed by atoms with Crippen LogP contribution in [0.3, 0.4) is 0 Å². The normalized spacial score (nSPS) is 8.70. The molecule has 2 radical (unpaired) electrons. The van der Waals surface area contributed by atoms with Gasteiger partial charge in [0.25, 0.3) is 0 Å². The molecule has 0 fully saturated rings. The fourth-order valence-electron chi connectivity index (χ4n) is 0.120. The Morgan fingerprint density at radius 2 is 1.80 bits per heavy atom. The second-order valence-electron chi connectivity index (χ2n) is 1.01. The van der Waals surface area contributed by atoms with Gasteiger partial charge >= 0.3 is 0 Å². The van der Waals surface area contributed by atoms with Crippen molar-refractivity contribution < 1.29 is 0 Å². The van der Waals surface area contributed by atoms with E-state index >= 15 is 0 Å². The molecule has 0 aliphatic rings. The monoisotopic (exact) mass is 188 g/mol. The summed E-state index contributed by atoms with van der Waals surface area (Å²) in [6.07, 6.45) is 0. The molecular weight excluding hydrogens is 186 g/mol. The second-order valence-corrected chi connectivity index (χ2v) is 1.96. The third-order valence-electron chi connectivity index (χ3n) is 0.481. The molecule has 0 aromatic carbocycles. The molecule has 42 valence electrons. The van der Waals surface area contributed by atoms with E-state index in [2.05, 4.69) is 24.8 Å². The molecule has 0 aromatic heterocycles. The summed E-state index contributed by atoms with van der Waals surface area (Å²) < 4.78 is 0. The maximum atomic E-state index is 8.07. The number of thiol groups is 1. The molecule has 1 unspecified atom stereocenters. The van der Waals surface area contributed by atoms with Crippen molar-refractivity contribution in [2.24, 2.45) is 0 Å². The average molecular weight is 188 g/mol. The van der Waals surface area contributed by atoms with Gasteiger partial charge in [-0.05, 0) is 0 Å². The predicted molar refractivity (Wildman–Crippen MR) is 48.1 cm³/mol. The van der Waals surface area contributed by atoms with Gasteiger partial charge in [-0.3, -0.25) is 0 Å². The van der Waals surface area contributed by atoms with E-state index < -0.39 is 5.25 Å². The Bertz CT molecular complexity index is 181. The van der Waals surface area contributed by atoms with E-state index in [0.717, 1.165) is 0 Å². The van der Waals surface area contributed by atoms with Crippen molar-refractivity contribution in [3.8, 4) is 12.1 Å². The first-order valence-electron chi connectivity index (χ1n) is 1.74. The molecule has 1 atom stereocenters. The third-order valence-corrected chi connectivity index (χ3v) is 1.36. The van der Waals surface area contributed by atoms with Gasteiger partial charge in [0.05, 0.1) is 6.07 Å². The van der Waals surface area contributed by atoms with Gasteiger partial charge in [0.15, 0.2) is 0 Å². The average Bonchev–Trinajstić information content (AvgIpc) is 1.84. The molecule has 0 saturated heterocycles. The van der Waals surface area contributed by atoms with Crippen LogP contribution in [0.15, 0.2) is 0 Å². The molecule has 10 heavy (non-hydrogen) atoms. The smallest absolute Gasteiger partial charge is 0.134 e. The van der Waals surface area contributed by atoms with Crippen LogP contribution in [0.4, 0.5) is 0 Å². The zero-order valence-electron chi connectivity index (χ0n) is 5.83. The van der Waals surface area contributed by atoms with E-state index in [0.29, 0.717) is 0 Å². The van der Waals surface area contributed by atoms with Crippen molar-refractivity contribution in [2.45, 2.75) is 5.25 Å². The number of thiocarbonyl (C=S) groups is 1. The summed E-state index contributed by atoms with van der Waals surface area (Å²) in [6.45, 7) is 0. The molecule has 6 heteroatoms. The summed E-state index contributed by atoms with van der Waals surface area (Å²) in [6, 6.07) is 3.36. The maximum absolute atomic E-state index is 8.07. The third kappa shape index (κ3) is 7.53. The zero-order valence-corrected chi connectivity index (χ0v) is 11.5. The van der Waals surface area contributed by atoms with Crippen LogP contribution in [0.5, 0.6) is 0 Å². The number of nitriles is 2.